The van der Waals surface area contributed by atoms with Crippen LogP contribution >= 0.6 is 0 Å². The van der Waals surface area contributed by atoms with Crippen molar-refractivity contribution in [2.75, 3.05) is 0 Å². The highest BCUT2D eigenvalue weighted by Crippen LogP contribution is 2.24. The molecular weight excluding hydrogens is 188 g/mol. The van der Waals surface area contributed by atoms with Crippen LogP contribution in [0, 0.1) is 6.92 Å². The van der Waals surface area contributed by atoms with Gasteiger partial charge in [0.1, 0.15) is 11.9 Å². The average molecular weight is 206 g/mol. The Morgan fingerprint density at radius 1 is 1.27 bits per heavy atom. The second-order valence-electron chi connectivity index (χ2n) is 4.32. The van der Waals surface area contributed by atoms with Gasteiger partial charge in [0.2, 0.25) is 0 Å². The zero-order valence-corrected chi connectivity index (χ0v) is 9.15. The van der Waals surface area contributed by atoms with E-state index in [0.717, 1.165) is 31.4 Å². The van der Waals surface area contributed by atoms with Crippen LogP contribution in [-0.2, 0) is 0 Å². The summed E-state index contributed by atoms with van der Waals surface area (Å²) in [5.74, 6) is 0.876. The van der Waals surface area contributed by atoms with E-state index >= 15 is 0 Å². The number of aliphatic hydroxyl groups is 1. The van der Waals surface area contributed by atoms with Gasteiger partial charge in [-0.25, -0.2) is 0 Å². The van der Waals surface area contributed by atoms with E-state index in [0.29, 0.717) is 0 Å². The summed E-state index contributed by atoms with van der Waals surface area (Å²) in [4.78, 5) is 0. The highest BCUT2D eigenvalue weighted by Gasteiger charge is 2.24. The number of aryl methyl sites for hydroxylation is 1. The lowest BCUT2D eigenvalue weighted by atomic mass is 9.95. The van der Waals surface area contributed by atoms with Crippen molar-refractivity contribution in [3.05, 3.63) is 29.8 Å². The van der Waals surface area contributed by atoms with Gasteiger partial charge in [-0.15, -0.1) is 0 Å². The zero-order chi connectivity index (χ0) is 10.7. The predicted molar refractivity (Wildman–Crippen MR) is 60.1 cm³/mol. The number of hydrogen-bond donors (Lipinski definition) is 1. The Labute approximate surface area is 90.9 Å². The van der Waals surface area contributed by atoms with E-state index in [2.05, 4.69) is 0 Å². The summed E-state index contributed by atoms with van der Waals surface area (Å²) in [7, 11) is 0. The van der Waals surface area contributed by atoms with Crippen molar-refractivity contribution >= 4 is 0 Å². The Morgan fingerprint density at radius 3 is 2.80 bits per heavy atom. The highest BCUT2D eigenvalue weighted by molar-refractivity contribution is 5.27. The molecule has 0 aliphatic heterocycles. The Morgan fingerprint density at radius 2 is 2.07 bits per heavy atom. The van der Waals surface area contributed by atoms with E-state index in [1.807, 2.05) is 31.2 Å². The topological polar surface area (TPSA) is 29.5 Å². The zero-order valence-electron chi connectivity index (χ0n) is 9.15. The molecule has 2 heteroatoms. The minimum Gasteiger partial charge on any atom is -0.488 e. The van der Waals surface area contributed by atoms with Gasteiger partial charge in [-0.3, -0.25) is 0 Å². The quantitative estimate of drug-likeness (QED) is 0.806. The molecule has 0 unspecified atom stereocenters. The summed E-state index contributed by atoms with van der Waals surface area (Å²) < 4.78 is 5.80. The normalized spacial score (nSPS) is 26.3. The molecule has 0 amide bonds. The summed E-state index contributed by atoms with van der Waals surface area (Å²) in [5, 5.41) is 9.77. The van der Waals surface area contributed by atoms with E-state index in [-0.39, 0.29) is 12.2 Å². The molecule has 1 saturated carbocycles. The van der Waals surface area contributed by atoms with Gasteiger partial charge >= 0.3 is 0 Å². The van der Waals surface area contributed by atoms with Crippen molar-refractivity contribution in [2.24, 2.45) is 0 Å². The smallest absolute Gasteiger partial charge is 0.124 e. The molecule has 1 N–H and O–H groups in total. The lowest BCUT2D eigenvalue weighted by molar-refractivity contribution is 0.00685. The van der Waals surface area contributed by atoms with Crippen molar-refractivity contribution < 1.29 is 9.84 Å². The molecule has 1 fully saturated rings. The summed E-state index contributed by atoms with van der Waals surface area (Å²) in [5.41, 5.74) is 1.19. The number of hydrogen-bond acceptors (Lipinski definition) is 2. The minimum atomic E-state index is -0.292. The number of aliphatic hydroxyl groups excluding tert-OH is 1. The molecule has 0 radical (unpaired) electrons. The second kappa shape index (κ2) is 4.67. The molecule has 82 valence electrons. The third kappa shape index (κ3) is 2.72. The summed E-state index contributed by atoms with van der Waals surface area (Å²) in [6.07, 6.45) is 3.81. The van der Waals surface area contributed by atoms with Crippen molar-refractivity contribution in [1.82, 2.24) is 0 Å². The Bertz CT molecular complexity index is 322. The van der Waals surface area contributed by atoms with Crippen LogP contribution in [-0.4, -0.2) is 17.3 Å². The van der Waals surface area contributed by atoms with Crippen LogP contribution in [0.25, 0.3) is 0 Å². The first-order chi connectivity index (χ1) is 7.25. The summed E-state index contributed by atoms with van der Waals surface area (Å²) >= 11 is 0. The van der Waals surface area contributed by atoms with E-state index < -0.39 is 0 Å². The van der Waals surface area contributed by atoms with E-state index in [1.165, 1.54) is 5.56 Å². The summed E-state index contributed by atoms with van der Waals surface area (Å²) in [6.45, 7) is 2.05. The van der Waals surface area contributed by atoms with E-state index in [1.54, 1.807) is 0 Å². The third-order valence-electron chi connectivity index (χ3n) is 2.94. The van der Waals surface area contributed by atoms with Crippen LogP contribution in [0.2, 0.25) is 0 Å². The molecule has 0 bridgehead atoms. The molecule has 15 heavy (non-hydrogen) atoms. The highest BCUT2D eigenvalue weighted by atomic mass is 16.5. The van der Waals surface area contributed by atoms with Gasteiger partial charge in [0.25, 0.3) is 0 Å². The SMILES string of the molecule is Cc1cccc(O[C@H]2CCCC[C@@H]2O)c1. The molecular formula is C13H18O2. The first-order valence-electron chi connectivity index (χ1n) is 5.67. The largest absolute Gasteiger partial charge is 0.488 e. The van der Waals surface area contributed by atoms with Crippen molar-refractivity contribution in [3.63, 3.8) is 0 Å². The minimum absolute atomic E-state index is 0.0134. The Balaban J connectivity index is 2.01. The lowest BCUT2D eigenvalue weighted by Crippen LogP contribution is -2.34. The third-order valence-corrected chi connectivity index (χ3v) is 2.94. The lowest BCUT2D eigenvalue weighted by Gasteiger charge is -2.28. The fourth-order valence-corrected chi connectivity index (χ4v) is 2.08. The van der Waals surface area contributed by atoms with Crippen molar-refractivity contribution in [2.45, 2.75) is 44.8 Å². The van der Waals surface area contributed by atoms with E-state index in [4.69, 9.17) is 4.74 Å². The predicted octanol–water partition coefficient (Wildman–Crippen LogP) is 2.68. The van der Waals surface area contributed by atoms with E-state index in [9.17, 15) is 5.11 Å². The van der Waals surface area contributed by atoms with Gasteiger partial charge in [-0.1, -0.05) is 18.6 Å². The second-order valence-corrected chi connectivity index (χ2v) is 4.32. The van der Waals surface area contributed by atoms with Crippen LogP contribution in [0.1, 0.15) is 31.2 Å². The van der Waals surface area contributed by atoms with Crippen LogP contribution in [0.4, 0.5) is 0 Å². The van der Waals surface area contributed by atoms with Crippen molar-refractivity contribution in [3.8, 4) is 5.75 Å². The van der Waals surface area contributed by atoms with Gasteiger partial charge in [0, 0.05) is 0 Å². The molecule has 2 atom stereocenters. The molecule has 1 aliphatic carbocycles. The van der Waals surface area contributed by atoms with Gasteiger partial charge in [-0.05, 0) is 43.9 Å². The number of rotatable bonds is 2. The Hall–Kier alpha value is -1.02. The number of ether oxygens (including phenoxy) is 1. The molecule has 0 spiro atoms. The Kier molecular flexibility index (Phi) is 3.27. The van der Waals surface area contributed by atoms with Crippen molar-refractivity contribution in [1.29, 1.82) is 0 Å². The molecule has 1 aromatic rings. The molecule has 0 saturated heterocycles. The summed E-state index contributed by atoms with van der Waals surface area (Å²) in [6, 6.07) is 8.00. The molecule has 1 aliphatic rings. The first kappa shape index (κ1) is 10.5. The van der Waals surface area contributed by atoms with Gasteiger partial charge < -0.3 is 9.84 Å². The van der Waals surface area contributed by atoms with Gasteiger partial charge in [-0.2, -0.15) is 0 Å². The maximum atomic E-state index is 9.77. The maximum Gasteiger partial charge on any atom is 0.124 e. The van der Waals surface area contributed by atoms with Gasteiger partial charge in [0.05, 0.1) is 6.10 Å². The molecule has 0 aromatic heterocycles. The molecule has 2 nitrogen and oxygen atoms in total. The average Bonchev–Trinajstić information content (AvgIpc) is 2.22. The van der Waals surface area contributed by atoms with Crippen LogP contribution in [0.15, 0.2) is 24.3 Å². The maximum absolute atomic E-state index is 9.77. The molecule has 0 heterocycles. The molecule has 1 aromatic carbocycles. The van der Waals surface area contributed by atoms with Gasteiger partial charge in [0.15, 0.2) is 0 Å². The molecule has 2 rings (SSSR count). The first-order valence-corrected chi connectivity index (χ1v) is 5.67. The fourth-order valence-electron chi connectivity index (χ4n) is 2.08. The number of benzene rings is 1. The van der Waals surface area contributed by atoms with Crippen LogP contribution < -0.4 is 4.74 Å². The fraction of sp³-hybridized carbons (Fsp3) is 0.538. The standard InChI is InChI=1S/C13H18O2/c1-10-5-4-6-11(9-10)15-13-8-3-2-7-12(13)14/h4-6,9,12-14H,2-3,7-8H2,1H3/t12-,13-/m0/s1. The van der Waals surface area contributed by atoms with Crippen LogP contribution in [0.3, 0.4) is 0 Å². The monoisotopic (exact) mass is 206 g/mol. The van der Waals surface area contributed by atoms with Crippen LogP contribution in [0.5, 0.6) is 5.75 Å².